The zero-order chi connectivity index (χ0) is 24.2. The lowest BCUT2D eigenvalue weighted by molar-refractivity contribution is -0.136. The number of hydrogen-bond acceptors (Lipinski definition) is 9. The van der Waals surface area contributed by atoms with Crippen LogP contribution >= 0.6 is 0 Å². The minimum Gasteiger partial charge on any atom is -0.497 e. The summed E-state index contributed by atoms with van der Waals surface area (Å²) >= 11 is 0. The predicted molar refractivity (Wildman–Crippen MR) is 124 cm³/mol. The number of methoxy groups -OCH3 is 4. The molecule has 0 bridgehead atoms. The Labute approximate surface area is 194 Å². The Hall–Kier alpha value is -4.40. The van der Waals surface area contributed by atoms with Gasteiger partial charge in [-0.25, -0.2) is 9.59 Å². The molecule has 0 spiro atoms. The van der Waals surface area contributed by atoms with Gasteiger partial charge in [-0.15, -0.1) is 0 Å². The van der Waals surface area contributed by atoms with Gasteiger partial charge in [0, 0.05) is 16.8 Å². The van der Waals surface area contributed by atoms with Crippen molar-refractivity contribution in [3.05, 3.63) is 59.0 Å². The topological polar surface area (TPSA) is 103 Å². The largest absolute Gasteiger partial charge is 0.497 e. The first-order valence-electron chi connectivity index (χ1n) is 10.2. The Morgan fingerprint density at radius 1 is 0.765 bits per heavy atom. The molecule has 34 heavy (non-hydrogen) atoms. The molecule has 0 saturated carbocycles. The van der Waals surface area contributed by atoms with Crippen molar-refractivity contribution in [1.29, 1.82) is 0 Å². The number of fused-ring (bicyclic) bond motifs is 3. The van der Waals surface area contributed by atoms with Gasteiger partial charge < -0.3 is 32.8 Å². The van der Waals surface area contributed by atoms with Crippen molar-refractivity contribution < 1.29 is 37.6 Å². The van der Waals surface area contributed by atoms with E-state index in [4.69, 9.17) is 32.8 Å². The fourth-order valence-corrected chi connectivity index (χ4v) is 3.57. The number of esters is 1. The summed E-state index contributed by atoms with van der Waals surface area (Å²) in [7, 11) is 5.97. The maximum atomic E-state index is 12.7. The zero-order valence-electron chi connectivity index (χ0n) is 19.0. The zero-order valence-corrected chi connectivity index (χ0v) is 19.0. The summed E-state index contributed by atoms with van der Waals surface area (Å²) in [6, 6.07) is 13.0. The van der Waals surface area contributed by atoms with Gasteiger partial charge in [-0.05, 0) is 42.5 Å². The Bertz CT molecular complexity index is 1400. The molecule has 3 aromatic carbocycles. The van der Waals surface area contributed by atoms with Crippen molar-refractivity contribution in [3.63, 3.8) is 0 Å². The molecule has 4 rings (SSSR count). The van der Waals surface area contributed by atoms with Crippen LogP contribution in [0.1, 0.15) is 0 Å². The Morgan fingerprint density at radius 3 is 2.09 bits per heavy atom. The van der Waals surface area contributed by atoms with E-state index in [2.05, 4.69) is 0 Å². The predicted octanol–water partition coefficient (Wildman–Crippen LogP) is 3.97. The fourth-order valence-electron chi connectivity index (χ4n) is 3.57. The van der Waals surface area contributed by atoms with E-state index in [-0.39, 0.29) is 23.3 Å². The molecule has 0 aliphatic rings. The van der Waals surface area contributed by atoms with Crippen LogP contribution in [-0.2, 0) is 4.79 Å². The van der Waals surface area contributed by atoms with Gasteiger partial charge in [0.15, 0.2) is 18.1 Å². The van der Waals surface area contributed by atoms with Crippen LogP contribution in [0.15, 0.2) is 57.7 Å². The van der Waals surface area contributed by atoms with Crippen molar-refractivity contribution in [1.82, 2.24) is 0 Å². The van der Waals surface area contributed by atoms with E-state index in [9.17, 15) is 9.59 Å². The van der Waals surface area contributed by atoms with Gasteiger partial charge >= 0.3 is 11.6 Å². The monoisotopic (exact) mass is 466 g/mol. The number of hydrogen-bond donors (Lipinski definition) is 0. The van der Waals surface area contributed by atoms with Crippen molar-refractivity contribution >= 4 is 27.7 Å². The van der Waals surface area contributed by atoms with Crippen molar-refractivity contribution in [3.8, 4) is 34.5 Å². The summed E-state index contributed by atoms with van der Waals surface area (Å²) in [4.78, 5) is 25.0. The van der Waals surface area contributed by atoms with E-state index < -0.39 is 11.6 Å². The van der Waals surface area contributed by atoms with Crippen LogP contribution in [-0.4, -0.2) is 41.0 Å². The van der Waals surface area contributed by atoms with Gasteiger partial charge in [0.1, 0.15) is 22.8 Å². The maximum absolute atomic E-state index is 12.7. The molecule has 0 N–H and O–H groups in total. The molecule has 0 saturated heterocycles. The summed E-state index contributed by atoms with van der Waals surface area (Å²) in [6.45, 7) is -0.309. The lowest BCUT2D eigenvalue weighted by Gasteiger charge is -2.15. The summed E-state index contributed by atoms with van der Waals surface area (Å²) in [6.07, 6.45) is 0. The Balaban J connectivity index is 1.64. The van der Waals surface area contributed by atoms with Crippen LogP contribution in [0.2, 0.25) is 0 Å². The van der Waals surface area contributed by atoms with Crippen molar-refractivity contribution in [2.45, 2.75) is 0 Å². The second kappa shape index (κ2) is 9.62. The summed E-state index contributed by atoms with van der Waals surface area (Å²) in [5, 5.41) is 1.33. The van der Waals surface area contributed by atoms with Gasteiger partial charge in [-0.1, -0.05) is 0 Å². The number of carbonyl (C=O) groups is 1. The highest BCUT2D eigenvalue weighted by Gasteiger charge is 2.21. The minimum atomic E-state index is -0.623. The summed E-state index contributed by atoms with van der Waals surface area (Å²) in [5.41, 5.74) is -0.391. The van der Waals surface area contributed by atoms with Crippen LogP contribution in [0.4, 0.5) is 0 Å². The smallest absolute Gasteiger partial charge is 0.349 e. The first kappa shape index (κ1) is 22.8. The van der Waals surface area contributed by atoms with Gasteiger partial charge in [-0.2, -0.15) is 0 Å². The fraction of sp³-hybridized carbons (Fsp3) is 0.200. The van der Waals surface area contributed by atoms with E-state index in [0.717, 1.165) is 0 Å². The molecule has 0 unspecified atom stereocenters. The molecule has 9 heteroatoms. The molecule has 1 aromatic heterocycles. The average Bonchev–Trinajstić information content (AvgIpc) is 2.86. The molecule has 0 radical (unpaired) electrons. The van der Waals surface area contributed by atoms with Crippen LogP contribution < -0.4 is 34.0 Å². The SMILES string of the molecule is COc1ccc(OCC(=O)Oc2ccc3c(c2)oc(=O)c2cc(OC)c(OC)c(OC)c23)cc1. The lowest BCUT2D eigenvalue weighted by Crippen LogP contribution is -2.17. The highest BCUT2D eigenvalue weighted by Crippen LogP contribution is 2.45. The molecule has 4 aromatic rings. The molecular formula is C25H22O9. The molecule has 1 heterocycles. The average molecular weight is 466 g/mol. The van der Waals surface area contributed by atoms with Crippen LogP contribution in [0.5, 0.6) is 34.5 Å². The van der Waals surface area contributed by atoms with Crippen molar-refractivity contribution in [2.24, 2.45) is 0 Å². The Morgan fingerprint density at radius 2 is 1.44 bits per heavy atom. The second-order valence-electron chi connectivity index (χ2n) is 7.05. The number of carbonyl (C=O) groups excluding carboxylic acids is 1. The maximum Gasteiger partial charge on any atom is 0.349 e. The summed E-state index contributed by atoms with van der Waals surface area (Å²) in [5.74, 6) is 1.74. The van der Waals surface area contributed by atoms with Crippen LogP contribution in [0, 0.1) is 0 Å². The molecule has 0 aliphatic carbocycles. The van der Waals surface area contributed by atoms with Gasteiger partial charge in [0.05, 0.1) is 33.8 Å². The molecule has 0 fully saturated rings. The highest BCUT2D eigenvalue weighted by molar-refractivity contribution is 6.10. The number of benzene rings is 3. The molecule has 0 atom stereocenters. The quantitative estimate of drug-likeness (QED) is 0.165. The molecule has 0 aliphatic heterocycles. The second-order valence-corrected chi connectivity index (χ2v) is 7.05. The lowest BCUT2D eigenvalue weighted by atomic mass is 10.0. The third kappa shape index (κ3) is 4.27. The Kier molecular flexibility index (Phi) is 6.44. The molecule has 176 valence electrons. The van der Waals surface area contributed by atoms with E-state index in [1.807, 2.05) is 0 Å². The third-order valence-electron chi connectivity index (χ3n) is 5.12. The molecule has 9 nitrogen and oxygen atoms in total. The van der Waals surface area contributed by atoms with Gasteiger partial charge in [0.2, 0.25) is 5.75 Å². The highest BCUT2D eigenvalue weighted by atomic mass is 16.6. The van der Waals surface area contributed by atoms with Crippen LogP contribution in [0.3, 0.4) is 0 Å². The van der Waals surface area contributed by atoms with E-state index in [0.29, 0.717) is 39.5 Å². The molecular weight excluding hydrogens is 444 g/mol. The standard InChI is InChI=1S/C25H22O9/c1-28-14-5-7-15(8-6-14)32-13-21(26)33-16-9-10-17-19(11-16)34-25(27)18-12-20(29-2)23(30-3)24(31-4)22(17)18/h5-12H,13H2,1-4H3. The minimum absolute atomic E-state index is 0.192. The normalized spacial score (nSPS) is 10.7. The van der Waals surface area contributed by atoms with Crippen LogP contribution in [0.25, 0.3) is 21.7 Å². The number of ether oxygens (including phenoxy) is 6. The van der Waals surface area contributed by atoms with E-state index in [1.54, 1.807) is 43.5 Å². The summed E-state index contributed by atoms with van der Waals surface area (Å²) < 4.78 is 37.7. The van der Waals surface area contributed by atoms with E-state index in [1.165, 1.54) is 33.5 Å². The number of rotatable bonds is 8. The molecule has 0 amide bonds. The van der Waals surface area contributed by atoms with Gasteiger partial charge in [0.25, 0.3) is 0 Å². The third-order valence-corrected chi connectivity index (χ3v) is 5.12. The first-order valence-corrected chi connectivity index (χ1v) is 10.2. The van der Waals surface area contributed by atoms with E-state index >= 15 is 0 Å². The van der Waals surface area contributed by atoms with Crippen molar-refractivity contribution in [2.75, 3.05) is 35.0 Å². The first-order chi connectivity index (χ1) is 16.5. The van der Waals surface area contributed by atoms with Gasteiger partial charge in [-0.3, -0.25) is 0 Å².